The second-order valence-electron chi connectivity index (χ2n) is 5.56. The van der Waals surface area contributed by atoms with Crippen LogP contribution in [0.2, 0.25) is 5.02 Å². The number of hydrogen-bond donors (Lipinski definition) is 1. The Labute approximate surface area is 148 Å². The monoisotopic (exact) mass is 352 g/mol. The van der Waals surface area contributed by atoms with Crippen molar-refractivity contribution in [1.29, 1.82) is 0 Å². The summed E-state index contributed by atoms with van der Waals surface area (Å²) in [7, 11) is 0. The molecule has 0 radical (unpaired) electrons. The van der Waals surface area contributed by atoms with Gasteiger partial charge in [-0.15, -0.1) is 5.10 Å². The molecule has 4 aromatic rings. The number of rotatable bonds is 4. The molecule has 0 spiro atoms. The normalized spacial score (nSPS) is 11.1. The minimum Gasteiger partial charge on any atom is -0.507 e. The van der Waals surface area contributed by atoms with Gasteiger partial charge in [-0.2, -0.15) is 5.10 Å². The Morgan fingerprint density at radius 3 is 2.80 bits per heavy atom. The number of oxazole rings is 1. The van der Waals surface area contributed by atoms with E-state index in [1.54, 1.807) is 30.8 Å². The third kappa shape index (κ3) is 3.04. The molecule has 124 valence electrons. The van der Waals surface area contributed by atoms with Gasteiger partial charge in [-0.1, -0.05) is 11.6 Å². The minimum absolute atomic E-state index is 0.0651. The van der Waals surface area contributed by atoms with Crippen molar-refractivity contribution in [2.75, 3.05) is 0 Å². The molecule has 0 saturated carbocycles. The molecule has 0 unspecified atom stereocenters. The highest BCUT2D eigenvalue weighted by atomic mass is 35.5. The molecule has 0 bridgehead atoms. The molecule has 0 amide bonds. The second-order valence-corrected chi connectivity index (χ2v) is 5.99. The molecule has 3 aromatic heterocycles. The number of aromatic nitrogens is 4. The average Bonchev–Trinajstić information content (AvgIpc) is 3.14. The van der Waals surface area contributed by atoms with E-state index in [0.29, 0.717) is 29.1 Å². The number of pyridine rings is 1. The maximum absolute atomic E-state index is 10.2. The van der Waals surface area contributed by atoms with Gasteiger partial charge in [-0.25, -0.2) is 4.98 Å². The Balaban J connectivity index is 1.78. The van der Waals surface area contributed by atoms with Gasteiger partial charge in [-0.05, 0) is 37.1 Å². The Morgan fingerprint density at radius 2 is 2.00 bits per heavy atom. The van der Waals surface area contributed by atoms with Crippen LogP contribution in [-0.4, -0.2) is 25.3 Å². The lowest BCUT2D eigenvalue weighted by Gasteiger charge is -2.10. The van der Waals surface area contributed by atoms with E-state index in [1.807, 2.05) is 6.07 Å². The number of halogens is 1. The zero-order chi connectivity index (χ0) is 17.2. The van der Waals surface area contributed by atoms with E-state index in [0.717, 1.165) is 22.2 Å². The molecule has 25 heavy (non-hydrogen) atoms. The summed E-state index contributed by atoms with van der Waals surface area (Å²) in [5, 5.41) is 21.1. The zero-order valence-electron chi connectivity index (χ0n) is 13.1. The predicted molar refractivity (Wildman–Crippen MR) is 93.4 cm³/mol. The van der Waals surface area contributed by atoms with E-state index in [1.165, 1.54) is 12.5 Å². The molecule has 0 fully saturated rings. The molecule has 0 aliphatic rings. The van der Waals surface area contributed by atoms with Crippen molar-refractivity contribution in [3.05, 3.63) is 65.7 Å². The third-order valence-electron chi connectivity index (χ3n) is 3.97. The van der Waals surface area contributed by atoms with Crippen LogP contribution in [0, 0.1) is 0 Å². The van der Waals surface area contributed by atoms with Crippen LogP contribution < -0.4 is 0 Å². The molecule has 3 heterocycles. The number of benzene rings is 1. The zero-order valence-corrected chi connectivity index (χ0v) is 13.8. The van der Waals surface area contributed by atoms with Crippen LogP contribution >= 0.6 is 11.6 Å². The summed E-state index contributed by atoms with van der Waals surface area (Å²) in [5.74, 6) is 0.0651. The first kappa shape index (κ1) is 15.5. The van der Waals surface area contributed by atoms with E-state index >= 15 is 0 Å². The number of aryl methyl sites for hydroxylation is 2. The molecule has 7 heteroatoms. The summed E-state index contributed by atoms with van der Waals surface area (Å²) >= 11 is 5.92. The predicted octanol–water partition coefficient (Wildman–Crippen LogP) is 3.82. The van der Waals surface area contributed by atoms with E-state index in [-0.39, 0.29) is 5.75 Å². The summed E-state index contributed by atoms with van der Waals surface area (Å²) in [6.07, 6.45) is 7.84. The first-order valence-corrected chi connectivity index (χ1v) is 8.05. The molecule has 6 nitrogen and oxygen atoms in total. The SMILES string of the molecule is Oc1cc(Cl)ccc1-c1nnc(CCc2cocn2)c2cnccc12. The number of phenols is 1. The number of phenolic OH excluding ortho intramolecular Hbond substituents is 1. The quantitative estimate of drug-likeness (QED) is 0.601. The van der Waals surface area contributed by atoms with Crippen LogP contribution in [0.3, 0.4) is 0 Å². The van der Waals surface area contributed by atoms with Gasteiger partial charge in [0.25, 0.3) is 0 Å². The lowest BCUT2D eigenvalue weighted by Crippen LogP contribution is -2.01. The smallest absolute Gasteiger partial charge is 0.180 e. The van der Waals surface area contributed by atoms with Crippen LogP contribution in [0.1, 0.15) is 11.4 Å². The Bertz CT molecular complexity index is 1030. The fourth-order valence-corrected chi connectivity index (χ4v) is 2.91. The number of hydrogen-bond acceptors (Lipinski definition) is 6. The summed E-state index contributed by atoms with van der Waals surface area (Å²) in [4.78, 5) is 8.32. The first-order chi connectivity index (χ1) is 12.2. The Morgan fingerprint density at radius 1 is 1.08 bits per heavy atom. The molecular weight excluding hydrogens is 340 g/mol. The van der Waals surface area contributed by atoms with Crippen LogP contribution in [0.4, 0.5) is 0 Å². The lowest BCUT2D eigenvalue weighted by atomic mass is 10.0. The summed E-state index contributed by atoms with van der Waals surface area (Å²) in [5.41, 5.74) is 2.86. The summed E-state index contributed by atoms with van der Waals surface area (Å²) in [6.45, 7) is 0. The van der Waals surface area contributed by atoms with E-state index in [2.05, 4.69) is 20.2 Å². The van der Waals surface area contributed by atoms with E-state index in [4.69, 9.17) is 16.0 Å². The third-order valence-corrected chi connectivity index (χ3v) is 4.21. The van der Waals surface area contributed by atoms with Crippen molar-refractivity contribution in [2.45, 2.75) is 12.8 Å². The van der Waals surface area contributed by atoms with Gasteiger partial charge in [0.1, 0.15) is 17.7 Å². The lowest BCUT2D eigenvalue weighted by molar-refractivity contribution is 0.477. The minimum atomic E-state index is 0.0651. The van der Waals surface area contributed by atoms with Crippen molar-refractivity contribution < 1.29 is 9.52 Å². The molecule has 0 aliphatic carbocycles. The van der Waals surface area contributed by atoms with Crippen molar-refractivity contribution in [2.24, 2.45) is 0 Å². The fourth-order valence-electron chi connectivity index (χ4n) is 2.75. The molecule has 0 atom stereocenters. The Hall–Kier alpha value is -2.99. The molecule has 0 aliphatic heterocycles. The van der Waals surface area contributed by atoms with Crippen LogP contribution in [0.5, 0.6) is 5.75 Å². The number of nitrogens with zero attached hydrogens (tertiary/aromatic N) is 4. The topological polar surface area (TPSA) is 84.9 Å². The number of fused-ring (bicyclic) bond motifs is 1. The van der Waals surface area contributed by atoms with Gasteiger partial charge in [-0.3, -0.25) is 4.98 Å². The van der Waals surface area contributed by atoms with Crippen molar-refractivity contribution in [1.82, 2.24) is 20.2 Å². The van der Waals surface area contributed by atoms with Gasteiger partial charge in [0.15, 0.2) is 6.39 Å². The molecule has 1 aromatic carbocycles. The Kier molecular flexibility index (Phi) is 4.03. The largest absolute Gasteiger partial charge is 0.507 e. The van der Waals surface area contributed by atoms with Gasteiger partial charge < -0.3 is 9.52 Å². The fraction of sp³-hybridized carbons (Fsp3) is 0.111. The van der Waals surface area contributed by atoms with Crippen LogP contribution in [0.25, 0.3) is 22.0 Å². The highest BCUT2D eigenvalue weighted by molar-refractivity contribution is 6.30. The highest BCUT2D eigenvalue weighted by Gasteiger charge is 2.14. The summed E-state index contributed by atoms with van der Waals surface area (Å²) in [6, 6.07) is 6.80. The van der Waals surface area contributed by atoms with E-state index in [9.17, 15) is 5.11 Å². The second kappa shape index (κ2) is 6.49. The first-order valence-electron chi connectivity index (χ1n) is 7.67. The maximum atomic E-state index is 10.2. The van der Waals surface area contributed by atoms with Crippen molar-refractivity contribution in [3.63, 3.8) is 0 Å². The van der Waals surface area contributed by atoms with E-state index < -0.39 is 0 Å². The molecule has 4 rings (SSSR count). The van der Waals surface area contributed by atoms with Crippen LogP contribution in [0.15, 0.2) is 53.7 Å². The molecule has 1 N–H and O–H groups in total. The standard InChI is InChI=1S/C18H13ClN4O2/c19-11-1-3-14(17(24)7-11)18-13-5-6-20-8-15(13)16(22-23-18)4-2-12-9-25-10-21-12/h1,3,5-10,24H,2,4H2. The van der Waals surface area contributed by atoms with Crippen LogP contribution in [-0.2, 0) is 12.8 Å². The maximum Gasteiger partial charge on any atom is 0.180 e. The van der Waals surface area contributed by atoms with Crippen molar-refractivity contribution in [3.8, 4) is 17.0 Å². The number of aromatic hydroxyl groups is 1. The van der Waals surface area contributed by atoms with Gasteiger partial charge >= 0.3 is 0 Å². The average molecular weight is 353 g/mol. The van der Waals surface area contributed by atoms with Gasteiger partial charge in [0.05, 0.1) is 11.4 Å². The highest BCUT2D eigenvalue weighted by Crippen LogP contribution is 2.34. The molecule has 0 saturated heterocycles. The van der Waals surface area contributed by atoms with Crippen molar-refractivity contribution >= 4 is 22.4 Å². The van der Waals surface area contributed by atoms with Gasteiger partial charge in [0.2, 0.25) is 0 Å². The molecular formula is C18H13ClN4O2. The summed E-state index contributed by atoms with van der Waals surface area (Å²) < 4.78 is 4.99. The van der Waals surface area contributed by atoms with Gasteiger partial charge in [0, 0.05) is 33.8 Å².